The van der Waals surface area contributed by atoms with E-state index in [1.165, 1.54) is 37.7 Å². The molecule has 0 radical (unpaired) electrons. The van der Waals surface area contributed by atoms with Crippen LogP contribution in [0.5, 0.6) is 0 Å². The Labute approximate surface area is 133 Å². The van der Waals surface area contributed by atoms with Gasteiger partial charge in [0.1, 0.15) is 0 Å². The molecule has 4 fully saturated rings. The van der Waals surface area contributed by atoms with Gasteiger partial charge in [-0.2, -0.15) is 0 Å². The lowest BCUT2D eigenvalue weighted by atomic mass is 9.48. The van der Waals surface area contributed by atoms with Crippen LogP contribution in [-0.2, 0) is 5.41 Å². The van der Waals surface area contributed by atoms with Crippen molar-refractivity contribution in [3.8, 4) is 0 Å². The highest BCUT2D eigenvalue weighted by atomic mass is 79.9. The van der Waals surface area contributed by atoms with Gasteiger partial charge in [-0.25, -0.2) is 0 Å². The van der Waals surface area contributed by atoms with E-state index in [1.807, 2.05) is 19.1 Å². The summed E-state index contributed by atoms with van der Waals surface area (Å²) in [5.41, 5.74) is 2.43. The zero-order valence-electron chi connectivity index (χ0n) is 12.3. The summed E-state index contributed by atoms with van der Waals surface area (Å²) in [4.78, 5) is 11.0. The Morgan fingerprint density at radius 2 is 1.90 bits per heavy atom. The fourth-order valence-electron chi connectivity index (χ4n) is 5.62. The number of hydrogen-bond acceptors (Lipinski definition) is 2. The number of halogens is 1. The first-order valence-electron chi connectivity index (χ1n) is 7.84. The van der Waals surface area contributed by atoms with Gasteiger partial charge in [-0.05, 0) is 68.3 Å². The fraction of sp³-hybridized carbons (Fsp3) is 0.647. The molecule has 0 heterocycles. The van der Waals surface area contributed by atoms with Crippen molar-refractivity contribution in [1.29, 1.82) is 0 Å². The molecule has 0 aliphatic heterocycles. The lowest BCUT2D eigenvalue weighted by Crippen LogP contribution is -2.54. The molecule has 0 aromatic heterocycles. The van der Waals surface area contributed by atoms with Crippen LogP contribution in [0.25, 0.3) is 0 Å². The fourth-order valence-corrected chi connectivity index (χ4v) is 7.08. The van der Waals surface area contributed by atoms with Crippen molar-refractivity contribution < 1.29 is 4.92 Å². The molecule has 21 heavy (non-hydrogen) atoms. The first-order chi connectivity index (χ1) is 9.89. The van der Waals surface area contributed by atoms with E-state index >= 15 is 0 Å². The lowest BCUT2D eigenvalue weighted by Gasteiger charge is -2.60. The molecule has 4 heteroatoms. The van der Waals surface area contributed by atoms with Crippen LogP contribution in [0.15, 0.2) is 18.2 Å². The van der Waals surface area contributed by atoms with E-state index in [0.29, 0.717) is 0 Å². The molecule has 5 rings (SSSR count). The summed E-state index contributed by atoms with van der Waals surface area (Å²) < 4.78 is 0.288. The highest BCUT2D eigenvalue weighted by Gasteiger charge is 2.57. The summed E-state index contributed by atoms with van der Waals surface area (Å²) in [6, 6.07) is 5.94. The average molecular weight is 350 g/mol. The van der Waals surface area contributed by atoms with Gasteiger partial charge in [-0.15, -0.1) is 0 Å². The van der Waals surface area contributed by atoms with Crippen LogP contribution in [0.4, 0.5) is 5.69 Å². The molecule has 4 aliphatic carbocycles. The Kier molecular flexibility index (Phi) is 2.82. The number of hydrogen-bond donors (Lipinski definition) is 0. The molecule has 2 atom stereocenters. The first kappa shape index (κ1) is 13.7. The maximum absolute atomic E-state index is 11.3. The Morgan fingerprint density at radius 1 is 1.24 bits per heavy atom. The average Bonchev–Trinajstić information content (AvgIpc) is 2.35. The second-order valence-corrected chi connectivity index (χ2v) is 9.33. The number of benzene rings is 1. The monoisotopic (exact) mass is 349 g/mol. The minimum atomic E-state index is -0.233. The Bertz CT molecular complexity index is 613. The van der Waals surface area contributed by atoms with Gasteiger partial charge >= 0.3 is 0 Å². The number of nitro groups is 1. The largest absolute Gasteiger partial charge is 0.272 e. The SMILES string of the molecule is Cc1ccc(C23CC4CC(CC(Br)(C4)C2)C3)cc1[N+](=O)[O-]. The summed E-state index contributed by atoms with van der Waals surface area (Å²) in [6.45, 7) is 1.83. The third kappa shape index (κ3) is 2.06. The van der Waals surface area contributed by atoms with Gasteiger partial charge in [0.15, 0.2) is 0 Å². The van der Waals surface area contributed by atoms with E-state index in [0.717, 1.165) is 23.8 Å². The van der Waals surface area contributed by atoms with Crippen LogP contribution in [0, 0.1) is 28.9 Å². The molecule has 112 valence electrons. The second kappa shape index (κ2) is 4.31. The van der Waals surface area contributed by atoms with Gasteiger partial charge in [0.05, 0.1) is 4.92 Å². The summed E-state index contributed by atoms with van der Waals surface area (Å²) in [5, 5.41) is 11.3. The number of nitro benzene ring substituents is 1. The van der Waals surface area contributed by atoms with Gasteiger partial charge in [0.2, 0.25) is 0 Å². The van der Waals surface area contributed by atoms with E-state index in [4.69, 9.17) is 0 Å². The van der Waals surface area contributed by atoms with Gasteiger partial charge in [0, 0.05) is 16.0 Å². The van der Waals surface area contributed by atoms with Gasteiger partial charge in [-0.3, -0.25) is 10.1 Å². The molecular formula is C17H20BrNO2. The first-order valence-corrected chi connectivity index (χ1v) is 8.63. The molecular weight excluding hydrogens is 330 g/mol. The predicted molar refractivity (Wildman–Crippen MR) is 85.9 cm³/mol. The lowest BCUT2D eigenvalue weighted by molar-refractivity contribution is -0.385. The molecule has 1 aromatic rings. The predicted octanol–water partition coefficient (Wildman–Crippen LogP) is 4.89. The van der Waals surface area contributed by atoms with E-state index in [-0.39, 0.29) is 20.3 Å². The molecule has 4 saturated carbocycles. The highest BCUT2D eigenvalue weighted by molar-refractivity contribution is 9.10. The molecule has 0 N–H and O–H groups in total. The molecule has 4 aliphatic rings. The van der Waals surface area contributed by atoms with Crippen LogP contribution >= 0.6 is 15.9 Å². The van der Waals surface area contributed by atoms with Crippen molar-refractivity contribution in [2.24, 2.45) is 11.8 Å². The molecule has 3 nitrogen and oxygen atoms in total. The van der Waals surface area contributed by atoms with Crippen molar-refractivity contribution in [1.82, 2.24) is 0 Å². The maximum Gasteiger partial charge on any atom is 0.272 e. The summed E-state index contributed by atoms with van der Waals surface area (Å²) >= 11 is 4.02. The van der Waals surface area contributed by atoms with Crippen molar-refractivity contribution in [3.05, 3.63) is 39.4 Å². The molecule has 0 amide bonds. The topological polar surface area (TPSA) is 43.1 Å². The minimum absolute atomic E-state index is 0.173. The van der Waals surface area contributed by atoms with E-state index in [9.17, 15) is 10.1 Å². The minimum Gasteiger partial charge on any atom is -0.258 e. The van der Waals surface area contributed by atoms with E-state index < -0.39 is 0 Å². The van der Waals surface area contributed by atoms with Gasteiger partial charge < -0.3 is 0 Å². The Balaban J connectivity index is 1.79. The molecule has 2 unspecified atom stereocenters. The summed E-state index contributed by atoms with van der Waals surface area (Å²) in [7, 11) is 0. The Hall–Kier alpha value is -0.900. The van der Waals surface area contributed by atoms with Crippen LogP contribution in [0.1, 0.15) is 49.7 Å². The quantitative estimate of drug-likeness (QED) is 0.433. The standard InChI is InChI=1S/C17H20BrNO2/c1-11-2-3-14(5-15(11)19(20)21)16-6-12-4-13(7-16)9-17(18,8-12)10-16/h2-3,5,12-13H,4,6-10H2,1H3. The molecule has 1 aromatic carbocycles. The third-order valence-electron chi connectivity index (χ3n) is 6.01. The summed E-state index contributed by atoms with van der Waals surface area (Å²) in [6.07, 6.45) is 7.53. The van der Waals surface area contributed by atoms with Gasteiger partial charge in [0.25, 0.3) is 5.69 Å². The zero-order chi connectivity index (χ0) is 14.8. The number of alkyl halides is 1. The van der Waals surface area contributed by atoms with Crippen LogP contribution in [0.2, 0.25) is 0 Å². The number of nitrogens with zero attached hydrogens (tertiary/aromatic N) is 1. The maximum atomic E-state index is 11.3. The smallest absolute Gasteiger partial charge is 0.258 e. The van der Waals surface area contributed by atoms with Gasteiger partial charge in [-0.1, -0.05) is 28.1 Å². The van der Waals surface area contributed by atoms with Crippen LogP contribution in [-0.4, -0.2) is 9.25 Å². The molecule has 4 bridgehead atoms. The molecule has 0 saturated heterocycles. The molecule has 0 spiro atoms. The normalized spacial score (nSPS) is 40.5. The van der Waals surface area contributed by atoms with Crippen molar-refractivity contribution >= 4 is 21.6 Å². The van der Waals surface area contributed by atoms with Crippen molar-refractivity contribution in [2.45, 2.75) is 55.2 Å². The zero-order valence-corrected chi connectivity index (χ0v) is 13.9. The highest BCUT2D eigenvalue weighted by Crippen LogP contribution is 2.65. The summed E-state index contributed by atoms with van der Waals surface area (Å²) in [5.74, 6) is 1.59. The second-order valence-electron chi connectivity index (χ2n) is 7.65. The van der Waals surface area contributed by atoms with Crippen LogP contribution < -0.4 is 0 Å². The Morgan fingerprint density at radius 3 is 2.48 bits per heavy atom. The third-order valence-corrected chi connectivity index (χ3v) is 6.94. The van der Waals surface area contributed by atoms with Crippen LogP contribution in [0.3, 0.4) is 0 Å². The number of rotatable bonds is 2. The van der Waals surface area contributed by atoms with Crippen molar-refractivity contribution in [3.63, 3.8) is 0 Å². The van der Waals surface area contributed by atoms with E-state index in [1.54, 1.807) is 0 Å². The van der Waals surface area contributed by atoms with Crippen molar-refractivity contribution in [2.75, 3.05) is 0 Å². The number of aryl methyl sites for hydroxylation is 1. The van der Waals surface area contributed by atoms with E-state index in [2.05, 4.69) is 22.0 Å².